The van der Waals surface area contributed by atoms with Gasteiger partial charge < -0.3 is 24.5 Å². The van der Waals surface area contributed by atoms with Gasteiger partial charge in [-0.05, 0) is 36.4 Å². The van der Waals surface area contributed by atoms with Crippen LogP contribution in [0.3, 0.4) is 0 Å². The van der Waals surface area contributed by atoms with Crippen LogP contribution in [0.5, 0.6) is 17.4 Å². The van der Waals surface area contributed by atoms with E-state index >= 15 is 0 Å². The Labute approximate surface area is 208 Å². The first-order chi connectivity index (χ1) is 16.9. The SMILES string of the molecule is COc1cc(-c2nc3cc(Cl)c(Cl)cc3[nH]2)ccc1OCC(=O)N=Nc1c(O)[nH]c2ccccc12. The molecule has 9 nitrogen and oxygen atoms in total. The normalized spacial score (nSPS) is 11.5. The van der Waals surface area contributed by atoms with Gasteiger partial charge in [-0.3, -0.25) is 4.79 Å². The number of hydrogen-bond acceptors (Lipinski definition) is 6. The highest BCUT2D eigenvalue weighted by atomic mass is 35.5. The van der Waals surface area contributed by atoms with Crippen molar-refractivity contribution < 1.29 is 19.4 Å². The number of amides is 1. The number of ether oxygens (including phenoxy) is 2. The standard InChI is InChI=1S/C24H17Cl2N5O4/c1-34-20-8-12(23-27-17-9-14(25)15(26)10-18(17)28-23)6-7-19(20)35-11-21(32)30-31-22-13-4-2-3-5-16(13)29-24(22)33/h2-10,29,33H,11H2,1H3,(H,27,28). The number of carbonyl (C=O) groups excluding carboxylic acids is 1. The number of nitrogens with one attached hydrogen (secondary N) is 2. The fraction of sp³-hybridized carbons (Fsp3) is 0.0833. The summed E-state index contributed by atoms with van der Waals surface area (Å²) in [5.41, 5.74) is 3.02. The van der Waals surface area contributed by atoms with E-state index in [1.54, 1.807) is 48.5 Å². The van der Waals surface area contributed by atoms with Crippen molar-refractivity contribution in [1.29, 1.82) is 0 Å². The molecule has 0 aliphatic carbocycles. The van der Waals surface area contributed by atoms with Crippen molar-refractivity contribution in [2.75, 3.05) is 13.7 Å². The predicted octanol–water partition coefficient (Wildman–Crippen LogP) is 6.42. The second-order valence-electron chi connectivity index (χ2n) is 7.48. The predicted molar refractivity (Wildman–Crippen MR) is 133 cm³/mol. The number of imidazole rings is 1. The van der Waals surface area contributed by atoms with E-state index in [9.17, 15) is 9.90 Å². The first kappa shape index (κ1) is 22.7. The van der Waals surface area contributed by atoms with Crippen molar-refractivity contribution in [2.24, 2.45) is 10.2 Å². The Morgan fingerprint density at radius 2 is 1.83 bits per heavy atom. The van der Waals surface area contributed by atoms with E-state index in [1.807, 2.05) is 6.07 Å². The average Bonchev–Trinajstić information content (AvgIpc) is 3.41. The molecule has 0 saturated heterocycles. The van der Waals surface area contributed by atoms with Crippen LogP contribution < -0.4 is 9.47 Å². The number of para-hydroxylation sites is 1. The molecule has 5 aromatic rings. The third-order valence-corrected chi connectivity index (χ3v) is 5.96. The zero-order valence-corrected chi connectivity index (χ0v) is 19.7. The van der Waals surface area contributed by atoms with E-state index in [-0.39, 0.29) is 18.2 Å². The summed E-state index contributed by atoms with van der Waals surface area (Å²) < 4.78 is 11.0. The van der Waals surface area contributed by atoms with Crippen molar-refractivity contribution in [3.63, 3.8) is 0 Å². The van der Waals surface area contributed by atoms with Crippen LogP contribution in [0.4, 0.5) is 5.69 Å². The summed E-state index contributed by atoms with van der Waals surface area (Å²) in [6, 6.07) is 15.7. The molecular formula is C24H17Cl2N5O4. The summed E-state index contributed by atoms with van der Waals surface area (Å²) in [6.45, 7) is -0.371. The van der Waals surface area contributed by atoms with Gasteiger partial charge in [0, 0.05) is 10.9 Å². The van der Waals surface area contributed by atoms with Gasteiger partial charge in [0.05, 0.1) is 33.7 Å². The van der Waals surface area contributed by atoms with Crippen LogP contribution in [0, 0.1) is 0 Å². The maximum absolute atomic E-state index is 12.2. The Hall–Kier alpha value is -4.08. The summed E-state index contributed by atoms with van der Waals surface area (Å²) in [4.78, 5) is 22.8. The molecule has 11 heteroatoms. The molecule has 2 heterocycles. The molecule has 0 aliphatic heterocycles. The molecule has 35 heavy (non-hydrogen) atoms. The fourth-order valence-electron chi connectivity index (χ4n) is 3.56. The molecule has 5 rings (SSSR count). The van der Waals surface area contributed by atoms with Crippen LogP contribution >= 0.6 is 23.2 Å². The summed E-state index contributed by atoms with van der Waals surface area (Å²) in [6.07, 6.45) is 0. The van der Waals surface area contributed by atoms with Gasteiger partial charge in [-0.15, -0.1) is 10.2 Å². The zero-order valence-electron chi connectivity index (χ0n) is 18.2. The topological polar surface area (TPSA) is 125 Å². The minimum Gasteiger partial charge on any atom is -0.493 e. The quantitative estimate of drug-likeness (QED) is 0.227. The lowest BCUT2D eigenvalue weighted by molar-refractivity contribution is -0.120. The number of halogens is 2. The van der Waals surface area contributed by atoms with Gasteiger partial charge in [-0.2, -0.15) is 0 Å². The van der Waals surface area contributed by atoms with Gasteiger partial charge in [-0.25, -0.2) is 4.98 Å². The number of nitrogens with zero attached hydrogens (tertiary/aromatic N) is 3. The van der Waals surface area contributed by atoms with Crippen molar-refractivity contribution in [2.45, 2.75) is 0 Å². The molecule has 0 aliphatic rings. The summed E-state index contributed by atoms with van der Waals surface area (Å²) in [5, 5.41) is 19.1. The van der Waals surface area contributed by atoms with E-state index in [1.165, 1.54) is 7.11 Å². The number of H-pyrrole nitrogens is 2. The van der Waals surface area contributed by atoms with E-state index in [0.29, 0.717) is 43.8 Å². The largest absolute Gasteiger partial charge is 0.493 e. The van der Waals surface area contributed by atoms with Crippen LogP contribution in [-0.4, -0.2) is 39.7 Å². The van der Waals surface area contributed by atoms with E-state index in [2.05, 4.69) is 25.2 Å². The number of aromatic hydroxyl groups is 1. The average molecular weight is 510 g/mol. The van der Waals surface area contributed by atoms with Gasteiger partial charge in [-0.1, -0.05) is 41.4 Å². The fourth-order valence-corrected chi connectivity index (χ4v) is 3.89. The van der Waals surface area contributed by atoms with Crippen molar-refractivity contribution in [3.8, 4) is 28.8 Å². The molecule has 0 atom stereocenters. The number of benzene rings is 3. The van der Waals surface area contributed by atoms with Crippen LogP contribution in [0.15, 0.2) is 64.8 Å². The molecule has 0 spiro atoms. The highest BCUT2D eigenvalue weighted by Gasteiger charge is 2.14. The lowest BCUT2D eigenvalue weighted by Crippen LogP contribution is -2.08. The smallest absolute Gasteiger partial charge is 0.302 e. The highest BCUT2D eigenvalue weighted by Crippen LogP contribution is 2.36. The Kier molecular flexibility index (Phi) is 6.02. The monoisotopic (exact) mass is 509 g/mol. The van der Waals surface area contributed by atoms with Crippen LogP contribution in [0.25, 0.3) is 33.3 Å². The molecule has 0 bridgehead atoms. The number of aromatic amines is 2. The second kappa shape index (κ2) is 9.28. The Morgan fingerprint density at radius 1 is 1.03 bits per heavy atom. The second-order valence-corrected chi connectivity index (χ2v) is 8.30. The number of methoxy groups -OCH3 is 1. The number of carbonyl (C=O) groups is 1. The molecular weight excluding hydrogens is 493 g/mol. The maximum atomic E-state index is 12.2. The number of aromatic nitrogens is 3. The van der Waals surface area contributed by atoms with Crippen LogP contribution in [0.1, 0.15) is 0 Å². The summed E-state index contributed by atoms with van der Waals surface area (Å²) >= 11 is 12.2. The number of hydrogen-bond donors (Lipinski definition) is 3. The first-order valence-electron chi connectivity index (χ1n) is 10.3. The molecule has 3 aromatic carbocycles. The van der Waals surface area contributed by atoms with Crippen molar-refractivity contribution in [1.82, 2.24) is 15.0 Å². The van der Waals surface area contributed by atoms with Gasteiger partial charge in [0.25, 0.3) is 0 Å². The number of fused-ring (bicyclic) bond motifs is 2. The van der Waals surface area contributed by atoms with Crippen LogP contribution in [-0.2, 0) is 4.79 Å². The van der Waals surface area contributed by atoms with E-state index in [0.717, 1.165) is 11.1 Å². The van der Waals surface area contributed by atoms with Crippen LogP contribution in [0.2, 0.25) is 10.0 Å². The molecule has 0 saturated carbocycles. The Bertz CT molecular complexity index is 1570. The van der Waals surface area contributed by atoms with Gasteiger partial charge in [0.2, 0.25) is 5.88 Å². The third-order valence-electron chi connectivity index (χ3n) is 5.23. The molecule has 3 N–H and O–H groups in total. The zero-order chi connectivity index (χ0) is 24.5. The highest BCUT2D eigenvalue weighted by molar-refractivity contribution is 6.42. The third kappa shape index (κ3) is 4.51. The molecule has 0 unspecified atom stereocenters. The minimum atomic E-state index is -0.633. The van der Waals surface area contributed by atoms with Gasteiger partial charge in [0.1, 0.15) is 5.82 Å². The van der Waals surface area contributed by atoms with Gasteiger partial charge >= 0.3 is 5.91 Å². The number of azo groups is 1. The Balaban J connectivity index is 1.31. The summed E-state index contributed by atoms with van der Waals surface area (Å²) in [7, 11) is 1.49. The lowest BCUT2D eigenvalue weighted by Gasteiger charge is -2.10. The van der Waals surface area contributed by atoms with E-state index < -0.39 is 5.91 Å². The molecule has 0 fully saturated rings. The van der Waals surface area contributed by atoms with Crippen molar-refractivity contribution in [3.05, 3.63) is 64.6 Å². The van der Waals surface area contributed by atoms with E-state index in [4.69, 9.17) is 32.7 Å². The molecule has 176 valence electrons. The maximum Gasteiger partial charge on any atom is 0.302 e. The molecule has 0 radical (unpaired) electrons. The van der Waals surface area contributed by atoms with Crippen molar-refractivity contribution >= 4 is 56.7 Å². The number of rotatable bonds is 6. The lowest BCUT2D eigenvalue weighted by atomic mass is 10.2. The summed E-state index contributed by atoms with van der Waals surface area (Å²) in [5.74, 6) is 0.532. The minimum absolute atomic E-state index is 0.170. The Morgan fingerprint density at radius 3 is 2.66 bits per heavy atom. The first-order valence-corrected chi connectivity index (χ1v) is 11.1. The molecule has 2 aromatic heterocycles. The van der Waals surface area contributed by atoms with Gasteiger partial charge in [0.15, 0.2) is 23.8 Å². The molecule has 1 amide bonds.